The van der Waals surface area contributed by atoms with Crippen LogP contribution in [0.3, 0.4) is 0 Å². The van der Waals surface area contributed by atoms with Gasteiger partial charge < -0.3 is 0 Å². The van der Waals surface area contributed by atoms with E-state index < -0.39 is 17.9 Å². The van der Waals surface area contributed by atoms with Gasteiger partial charge in [0.15, 0.2) is 5.82 Å². The van der Waals surface area contributed by atoms with E-state index in [1.54, 1.807) is 24.7 Å². The molecular formula is C17H11F3N6. The molecule has 0 saturated heterocycles. The number of hydrogen-bond acceptors (Lipinski definition) is 5. The lowest BCUT2D eigenvalue weighted by Crippen LogP contribution is -2.04. The first kappa shape index (κ1) is 16.1. The Morgan fingerprint density at radius 1 is 1.00 bits per heavy atom. The van der Waals surface area contributed by atoms with Gasteiger partial charge in [-0.15, -0.1) is 0 Å². The molecule has 0 aliphatic rings. The van der Waals surface area contributed by atoms with Crippen molar-refractivity contribution < 1.29 is 13.2 Å². The van der Waals surface area contributed by atoms with E-state index in [-0.39, 0.29) is 5.82 Å². The van der Waals surface area contributed by atoms with E-state index in [9.17, 15) is 13.2 Å². The second-order valence-electron chi connectivity index (χ2n) is 5.58. The zero-order valence-corrected chi connectivity index (χ0v) is 13.4. The second-order valence-corrected chi connectivity index (χ2v) is 5.58. The van der Waals surface area contributed by atoms with Crippen LogP contribution in [0, 0.1) is 12.9 Å². The van der Waals surface area contributed by atoms with Crippen molar-refractivity contribution in [3.63, 3.8) is 0 Å². The Labute approximate surface area is 145 Å². The summed E-state index contributed by atoms with van der Waals surface area (Å²) in [5, 5.41) is 4.85. The molecule has 0 saturated carbocycles. The molecule has 130 valence electrons. The number of halogens is 3. The van der Waals surface area contributed by atoms with Gasteiger partial charge >= 0.3 is 0 Å². The summed E-state index contributed by atoms with van der Waals surface area (Å²) in [6, 6.07) is 4.01. The summed E-state index contributed by atoms with van der Waals surface area (Å²) in [6.07, 6.45) is 3.42. The Hall–Kier alpha value is -3.36. The molecule has 0 fully saturated rings. The van der Waals surface area contributed by atoms with Crippen molar-refractivity contribution in [2.24, 2.45) is 0 Å². The summed E-state index contributed by atoms with van der Waals surface area (Å²) in [5.41, 5.74) is 1.72. The fraction of sp³-hybridized carbons (Fsp3) is 0.118. The summed E-state index contributed by atoms with van der Waals surface area (Å²) in [5.74, 6) is -1.13. The molecule has 9 heteroatoms. The van der Waals surface area contributed by atoms with Crippen LogP contribution in [0.5, 0.6) is 0 Å². The van der Waals surface area contributed by atoms with Gasteiger partial charge in [0.25, 0.3) is 6.43 Å². The van der Waals surface area contributed by atoms with Crippen LogP contribution < -0.4 is 0 Å². The third-order valence-corrected chi connectivity index (χ3v) is 3.78. The van der Waals surface area contributed by atoms with Crippen molar-refractivity contribution in [2.75, 3.05) is 0 Å². The lowest BCUT2D eigenvalue weighted by Gasteiger charge is -2.06. The smallest absolute Gasteiger partial charge is 0.261 e. The Morgan fingerprint density at radius 3 is 2.58 bits per heavy atom. The zero-order valence-electron chi connectivity index (χ0n) is 13.4. The molecule has 0 aliphatic heterocycles. The van der Waals surface area contributed by atoms with Crippen LogP contribution in [0.4, 0.5) is 13.2 Å². The van der Waals surface area contributed by atoms with Crippen LogP contribution >= 0.6 is 0 Å². The maximum absolute atomic E-state index is 13.8. The number of alkyl halides is 2. The van der Waals surface area contributed by atoms with E-state index in [1.807, 2.05) is 6.92 Å². The average molecular weight is 356 g/mol. The molecule has 4 aromatic rings. The maximum atomic E-state index is 13.8. The van der Waals surface area contributed by atoms with E-state index in [0.29, 0.717) is 22.3 Å². The summed E-state index contributed by atoms with van der Waals surface area (Å²) in [4.78, 5) is 16.4. The van der Waals surface area contributed by atoms with Crippen LogP contribution in [0.25, 0.3) is 28.1 Å². The molecule has 0 atom stereocenters. The molecule has 0 spiro atoms. The predicted octanol–water partition coefficient (Wildman–Crippen LogP) is 3.66. The molecule has 0 unspecified atom stereocenters. The molecule has 0 radical (unpaired) electrons. The van der Waals surface area contributed by atoms with Gasteiger partial charge in [-0.25, -0.2) is 18.4 Å². The number of aromatic nitrogens is 6. The third-order valence-electron chi connectivity index (χ3n) is 3.78. The summed E-state index contributed by atoms with van der Waals surface area (Å²) in [6.45, 7) is 1.82. The lowest BCUT2D eigenvalue weighted by molar-refractivity contribution is 0.145. The SMILES string of the molecule is Cc1cncc(-c2cc3c(cn2)cnn3-c2ccc(C(F)F)c(F)n2)n1. The molecule has 0 bridgehead atoms. The number of pyridine rings is 2. The van der Waals surface area contributed by atoms with Gasteiger partial charge in [-0.05, 0) is 25.1 Å². The van der Waals surface area contributed by atoms with Gasteiger partial charge in [-0.2, -0.15) is 14.5 Å². The minimum absolute atomic E-state index is 0.0920. The average Bonchev–Trinajstić information content (AvgIpc) is 3.04. The van der Waals surface area contributed by atoms with Crippen LogP contribution in [-0.4, -0.2) is 29.7 Å². The standard InChI is InChI=1S/C17H11F3N6/c1-9-5-21-8-13(24-9)12-4-14-10(6-22-12)7-23-26(14)15-3-2-11(16(18)19)17(20)25-15/h2-8,16H,1H3. The summed E-state index contributed by atoms with van der Waals surface area (Å²) in [7, 11) is 0. The Bertz CT molecular complexity index is 1110. The van der Waals surface area contributed by atoms with Crippen LogP contribution in [-0.2, 0) is 0 Å². The molecule has 4 rings (SSSR count). The predicted molar refractivity (Wildman–Crippen MR) is 87.3 cm³/mol. The third kappa shape index (κ3) is 2.77. The van der Waals surface area contributed by atoms with Crippen LogP contribution in [0.1, 0.15) is 17.7 Å². The van der Waals surface area contributed by atoms with E-state index in [4.69, 9.17) is 0 Å². The van der Waals surface area contributed by atoms with Crippen molar-refractivity contribution in [2.45, 2.75) is 13.3 Å². The van der Waals surface area contributed by atoms with Crippen molar-refractivity contribution >= 4 is 10.9 Å². The maximum Gasteiger partial charge on any atom is 0.268 e. The van der Waals surface area contributed by atoms with Gasteiger partial charge in [0, 0.05) is 17.8 Å². The van der Waals surface area contributed by atoms with E-state index in [1.165, 1.54) is 16.9 Å². The molecule has 4 heterocycles. The van der Waals surface area contributed by atoms with Crippen molar-refractivity contribution in [3.05, 3.63) is 60.2 Å². The molecule has 0 aliphatic carbocycles. The van der Waals surface area contributed by atoms with E-state index in [2.05, 4.69) is 25.0 Å². The minimum atomic E-state index is -2.93. The number of aryl methyl sites for hydroxylation is 1. The van der Waals surface area contributed by atoms with Gasteiger partial charge in [0.05, 0.1) is 34.9 Å². The molecule has 0 amide bonds. The molecule has 4 aromatic heterocycles. The monoisotopic (exact) mass is 356 g/mol. The van der Waals surface area contributed by atoms with Gasteiger partial charge in [0.1, 0.15) is 5.69 Å². The quantitative estimate of drug-likeness (QED) is 0.524. The van der Waals surface area contributed by atoms with E-state index in [0.717, 1.165) is 11.8 Å². The molecule has 26 heavy (non-hydrogen) atoms. The number of hydrogen-bond donors (Lipinski definition) is 0. The molecule has 0 aromatic carbocycles. The topological polar surface area (TPSA) is 69.4 Å². The van der Waals surface area contributed by atoms with Crippen molar-refractivity contribution in [1.82, 2.24) is 29.7 Å². The summed E-state index contributed by atoms with van der Waals surface area (Å²) < 4.78 is 40.6. The van der Waals surface area contributed by atoms with Gasteiger partial charge in [-0.1, -0.05) is 0 Å². The van der Waals surface area contributed by atoms with Crippen molar-refractivity contribution in [1.29, 1.82) is 0 Å². The number of fused-ring (bicyclic) bond motifs is 1. The highest BCUT2D eigenvalue weighted by molar-refractivity contribution is 5.82. The Kier molecular flexibility index (Phi) is 3.83. The lowest BCUT2D eigenvalue weighted by atomic mass is 10.2. The van der Waals surface area contributed by atoms with Gasteiger partial charge in [-0.3, -0.25) is 9.97 Å². The normalized spacial score (nSPS) is 11.4. The largest absolute Gasteiger partial charge is 0.268 e. The summed E-state index contributed by atoms with van der Waals surface area (Å²) >= 11 is 0. The first-order valence-electron chi connectivity index (χ1n) is 7.60. The van der Waals surface area contributed by atoms with Crippen LogP contribution in [0.2, 0.25) is 0 Å². The second kappa shape index (κ2) is 6.17. The number of rotatable bonds is 3. The molecular weight excluding hydrogens is 345 g/mol. The minimum Gasteiger partial charge on any atom is -0.261 e. The molecule has 0 N–H and O–H groups in total. The van der Waals surface area contributed by atoms with Crippen LogP contribution in [0.15, 0.2) is 43.0 Å². The Balaban J connectivity index is 1.84. The first-order valence-corrected chi connectivity index (χ1v) is 7.60. The van der Waals surface area contributed by atoms with Gasteiger partial charge in [0.2, 0.25) is 5.95 Å². The fourth-order valence-electron chi connectivity index (χ4n) is 2.55. The molecule has 6 nitrogen and oxygen atoms in total. The van der Waals surface area contributed by atoms with Crippen molar-refractivity contribution in [3.8, 4) is 17.2 Å². The highest BCUT2D eigenvalue weighted by atomic mass is 19.3. The zero-order chi connectivity index (χ0) is 18.3. The highest BCUT2D eigenvalue weighted by Crippen LogP contribution is 2.25. The fourth-order valence-corrected chi connectivity index (χ4v) is 2.55. The number of nitrogens with zero attached hydrogens (tertiary/aromatic N) is 6. The Morgan fingerprint density at radius 2 is 1.85 bits per heavy atom. The first-order chi connectivity index (χ1) is 12.5. The van der Waals surface area contributed by atoms with E-state index >= 15 is 0 Å². The highest BCUT2D eigenvalue weighted by Gasteiger charge is 2.17.